The largest absolute Gasteiger partial charge is 0.497 e. The monoisotopic (exact) mass is 470 g/mol. The second kappa shape index (κ2) is 8.22. The Morgan fingerprint density at radius 3 is 2.69 bits per heavy atom. The van der Waals surface area contributed by atoms with Crippen LogP contribution in [0, 0.1) is 0 Å². The zero-order valence-electron chi connectivity index (χ0n) is 15.3. The van der Waals surface area contributed by atoms with Crippen LogP contribution in [0.1, 0.15) is 10.4 Å². The first-order valence-corrected chi connectivity index (χ1v) is 10.4. The zero-order chi connectivity index (χ0) is 20.4. The predicted octanol–water partition coefficient (Wildman–Crippen LogP) is 3.63. The summed E-state index contributed by atoms with van der Waals surface area (Å²) < 4.78 is 9.21. The highest BCUT2D eigenvalue weighted by molar-refractivity contribution is 9.10. The first-order valence-electron chi connectivity index (χ1n) is 8.59. The average Bonchev–Trinajstić information content (AvgIpc) is 3.17. The van der Waals surface area contributed by atoms with Gasteiger partial charge in [-0.1, -0.05) is 45.9 Å². The molecule has 0 fully saturated rings. The van der Waals surface area contributed by atoms with Crippen molar-refractivity contribution in [3.8, 4) is 11.4 Å². The summed E-state index contributed by atoms with van der Waals surface area (Å²) in [7, 11) is 1.57. The van der Waals surface area contributed by atoms with E-state index >= 15 is 0 Å². The molecule has 29 heavy (non-hydrogen) atoms. The summed E-state index contributed by atoms with van der Waals surface area (Å²) in [4.78, 5) is 25.2. The highest BCUT2D eigenvalue weighted by Gasteiger charge is 2.14. The van der Waals surface area contributed by atoms with Crippen molar-refractivity contribution in [1.82, 2.24) is 19.2 Å². The number of fused-ring (bicyclic) bond motifs is 1. The predicted molar refractivity (Wildman–Crippen MR) is 114 cm³/mol. The normalized spacial score (nSPS) is 11.0. The molecule has 4 rings (SSSR count). The molecule has 146 valence electrons. The molecular formula is C20H15BrN4O3S. The molecule has 0 N–H and O–H groups in total. The van der Waals surface area contributed by atoms with Gasteiger partial charge in [0.25, 0.3) is 0 Å². The van der Waals surface area contributed by atoms with Gasteiger partial charge in [-0.15, -0.1) is 10.2 Å². The third-order valence-corrected chi connectivity index (χ3v) is 5.74. The number of hydrogen-bond acceptors (Lipinski definition) is 6. The van der Waals surface area contributed by atoms with Gasteiger partial charge in [0, 0.05) is 28.5 Å². The second-order valence-corrected chi connectivity index (χ2v) is 7.93. The van der Waals surface area contributed by atoms with Crippen molar-refractivity contribution in [1.29, 1.82) is 0 Å². The molecule has 0 saturated heterocycles. The summed E-state index contributed by atoms with van der Waals surface area (Å²) in [6.45, 7) is 0. The SMILES string of the molecule is COc1cccc(-n2ccn3c(SCC(=O)c4ccc(Br)cc4)nnc3c2=O)c1. The number of ether oxygens (including phenoxy) is 1. The van der Waals surface area contributed by atoms with Gasteiger partial charge >= 0.3 is 5.56 Å². The van der Waals surface area contributed by atoms with Crippen LogP contribution in [0.2, 0.25) is 0 Å². The number of benzene rings is 2. The standard InChI is InChI=1S/C20H15BrN4O3S/c1-28-16-4-2-3-15(11-16)24-9-10-25-18(19(24)27)22-23-20(25)29-12-17(26)13-5-7-14(21)8-6-13/h2-11H,12H2,1H3. The molecule has 2 aromatic heterocycles. The fourth-order valence-corrected chi connectivity index (χ4v) is 3.85. The molecule has 2 heterocycles. The van der Waals surface area contributed by atoms with Gasteiger partial charge in [0.2, 0.25) is 5.65 Å². The zero-order valence-corrected chi connectivity index (χ0v) is 17.7. The summed E-state index contributed by atoms with van der Waals surface area (Å²) in [5.41, 5.74) is 1.17. The molecule has 2 aromatic carbocycles. The van der Waals surface area contributed by atoms with E-state index in [4.69, 9.17) is 4.74 Å². The quantitative estimate of drug-likeness (QED) is 0.316. The smallest absolute Gasteiger partial charge is 0.300 e. The molecule has 9 heteroatoms. The van der Waals surface area contributed by atoms with Crippen molar-refractivity contribution >= 4 is 39.1 Å². The molecule has 0 aliphatic rings. The minimum absolute atomic E-state index is 0.0241. The number of Topliss-reactive ketones (excluding diaryl/α,β-unsaturated/α-hetero) is 1. The molecule has 0 bridgehead atoms. The number of thioether (sulfide) groups is 1. The van der Waals surface area contributed by atoms with E-state index in [1.165, 1.54) is 16.3 Å². The van der Waals surface area contributed by atoms with Crippen molar-refractivity contribution < 1.29 is 9.53 Å². The van der Waals surface area contributed by atoms with E-state index in [0.717, 1.165) is 4.47 Å². The molecule has 0 aliphatic heterocycles. The van der Waals surface area contributed by atoms with Gasteiger partial charge in [-0.25, -0.2) is 0 Å². The van der Waals surface area contributed by atoms with Crippen molar-refractivity contribution in [3.05, 3.63) is 81.3 Å². The Bertz CT molecular complexity index is 1250. The maximum Gasteiger partial charge on any atom is 0.300 e. The highest BCUT2D eigenvalue weighted by Crippen LogP contribution is 2.20. The number of ketones is 1. The van der Waals surface area contributed by atoms with Gasteiger partial charge in [0.15, 0.2) is 10.9 Å². The molecule has 0 amide bonds. The summed E-state index contributed by atoms with van der Waals surface area (Å²) in [5.74, 6) is 0.823. The van der Waals surface area contributed by atoms with E-state index in [9.17, 15) is 9.59 Å². The Balaban J connectivity index is 1.59. The number of methoxy groups -OCH3 is 1. The third-order valence-electron chi connectivity index (χ3n) is 4.27. The van der Waals surface area contributed by atoms with Crippen LogP contribution in [0.15, 0.2) is 75.3 Å². The van der Waals surface area contributed by atoms with Crippen LogP contribution in [0.25, 0.3) is 11.3 Å². The van der Waals surface area contributed by atoms with Gasteiger partial charge in [-0.05, 0) is 24.3 Å². The van der Waals surface area contributed by atoms with Gasteiger partial charge in [-0.2, -0.15) is 0 Å². The number of carbonyl (C=O) groups is 1. The topological polar surface area (TPSA) is 78.5 Å². The number of halogens is 1. The summed E-state index contributed by atoms with van der Waals surface area (Å²) in [5, 5.41) is 8.59. The van der Waals surface area contributed by atoms with Gasteiger partial charge in [0.1, 0.15) is 5.75 Å². The lowest BCUT2D eigenvalue weighted by Crippen LogP contribution is -2.20. The second-order valence-electron chi connectivity index (χ2n) is 6.07. The summed E-state index contributed by atoms with van der Waals surface area (Å²) >= 11 is 4.59. The maximum absolute atomic E-state index is 12.9. The Labute approximate surface area is 178 Å². The van der Waals surface area contributed by atoms with Crippen LogP contribution >= 0.6 is 27.7 Å². The van der Waals surface area contributed by atoms with Gasteiger partial charge < -0.3 is 4.74 Å². The van der Waals surface area contributed by atoms with Crippen LogP contribution in [-0.4, -0.2) is 37.8 Å². The lowest BCUT2D eigenvalue weighted by Gasteiger charge is -2.08. The van der Waals surface area contributed by atoms with Crippen molar-refractivity contribution in [2.24, 2.45) is 0 Å². The molecule has 7 nitrogen and oxygen atoms in total. The summed E-state index contributed by atoms with van der Waals surface area (Å²) in [6, 6.07) is 14.4. The van der Waals surface area contributed by atoms with Crippen molar-refractivity contribution in [2.75, 3.05) is 12.9 Å². The van der Waals surface area contributed by atoms with Crippen LogP contribution in [0.5, 0.6) is 5.75 Å². The average molecular weight is 471 g/mol. The van der Waals surface area contributed by atoms with E-state index in [1.807, 2.05) is 24.3 Å². The third kappa shape index (κ3) is 3.96. The van der Waals surface area contributed by atoms with Gasteiger partial charge in [-0.3, -0.25) is 18.6 Å². The number of rotatable bonds is 6. The maximum atomic E-state index is 12.9. The first-order chi connectivity index (χ1) is 14.1. The molecular weight excluding hydrogens is 456 g/mol. The molecule has 0 aliphatic carbocycles. The Hall–Kier alpha value is -2.91. The Kier molecular flexibility index (Phi) is 5.50. The fourth-order valence-electron chi connectivity index (χ4n) is 2.78. The number of hydrogen-bond donors (Lipinski definition) is 0. The van der Waals surface area contributed by atoms with E-state index in [-0.39, 0.29) is 22.7 Å². The molecule has 0 unspecified atom stereocenters. The summed E-state index contributed by atoms with van der Waals surface area (Å²) in [6.07, 6.45) is 3.36. The minimum Gasteiger partial charge on any atom is -0.497 e. The molecule has 4 aromatic rings. The molecule has 0 radical (unpaired) electrons. The van der Waals surface area contributed by atoms with Crippen molar-refractivity contribution in [2.45, 2.75) is 5.16 Å². The van der Waals surface area contributed by atoms with E-state index in [1.54, 1.807) is 48.2 Å². The van der Waals surface area contributed by atoms with Gasteiger partial charge in [0.05, 0.1) is 18.6 Å². The lowest BCUT2D eigenvalue weighted by atomic mass is 10.2. The van der Waals surface area contributed by atoms with E-state index in [0.29, 0.717) is 22.2 Å². The van der Waals surface area contributed by atoms with E-state index in [2.05, 4.69) is 26.1 Å². The molecule has 0 spiro atoms. The minimum atomic E-state index is -0.306. The molecule has 0 saturated carbocycles. The Morgan fingerprint density at radius 2 is 1.93 bits per heavy atom. The van der Waals surface area contributed by atoms with Crippen LogP contribution < -0.4 is 10.3 Å². The highest BCUT2D eigenvalue weighted by atomic mass is 79.9. The Morgan fingerprint density at radius 1 is 1.14 bits per heavy atom. The van der Waals surface area contributed by atoms with E-state index < -0.39 is 0 Å². The number of aromatic nitrogens is 4. The fraction of sp³-hybridized carbons (Fsp3) is 0.100. The van der Waals surface area contributed by atoms with Crippen LogP contribution in [0.4, 0.5) is 0 Å². The first kappa shape index (κ1) is 19.4. The number of carbonyl (C=O) groups excluding carboxylic acids is 1. The lowest BCUT2D eigenvalue weighted by molar-refractivity contribution is 0.102. The molecule has 0 atom stereocenters. The number of nitrogens with zero attached hydrogens (tertiary/aromatic N) is 4. The van der Waals surface area contributed by atoms with Crippen LogP contribution in [0.3, 0.4) is 0 Å². The van der Waals surface area contributed by atoms with Crippen LogP contribution in [-0.2, 0) is 0 Å². The van der Waals surface area contributed by atoms with Crippen molar-refractivity contribution in [3.63, 3.8) is 0 Å².